The van der Waals surface area contributed by atoms with E-state index in [-0.39, 0.29) is 17.7 Å². The Bertz CT molecular complexity index is 973. The fraction of sp³-hybridized carbons (Fsp3) is 0.286. The highest BCUT2D eigenvalue weighted by atomic mass is 35.5. The van der Waals surface area contributed by atoms with E-state index in [0.717, 1.165) is 17.7 Å². The Morgan fingerprint density at radius 3 is 2.75 bits per heavy atom. The van der Waals surface area contributed by atoms with E-state index in [0.29, 0.717) is 10.2 Å². The van der Waals surface area contributed by atoms with Gasteiger partial charge in [-0.3, -0.25) is 9.36 Å². The van der Waals surface area contributed by atoms with Gasteiger partial charge in [-0.2, -0.15) is 0 Å². The molecule has 28 heavy (non-hydrogen) atoms. The van der Waals surface area contributed by atoms with Crippen LogP contribution in [0.2, 0.25) is 5.02 Å². The third-order valence-electron chi connectivity index (χ3n) is 4.61. The summed E-state index contributed by atoms with van der Waals surface area (Å²) in [7, 11) is 0. The number of aromatic nitrogens is 3. The fourth-order valence-corrected chi connectivity index (χ4v) is 3.82. The number of carbonyl (C=O) groups is 1. The van der Waals surface area contributed by atoms with Gasteiger partial charge >= 0.3 is 0 Å². The average molecular weight is 415 g/mol. The molecule has 1 N–H and O–H groups in total. The SMILES string of the molecule is CCC(NC(=O)CSc1nncn1-c1ccc(C)c(C)c1)c1cccc(Cl)c1. The zero-order valence-electron chi connectivity index (χ0n) is 16.1. The number of aryl methyl sites for hydroxylation is 2. The number of hydrogen-bond donors (Lipinski definition) is 1. The number of amides is 1. The monoisotopic (exact) mass is 414 g/mol. The van der Waals surface area contributed by atoms with Gasteiger partial charge in [0.05, 0.1) is 11.8 Å². The van der Waals surface area contributed by atoms with Crippen LogP contribution >= 0.6 is 23.4 Å². The molecule has 0 fully saturated rings. The highest BCUT2D eigenvalue weighted by Gasteiger charge is 2.15. The molecule has 1 heterocycles. The maximum atomic E-state index is 12.5. The van der Waals surface area contributed by atoms with Crippen molar-refractivity contribution in [2.45, 2.75) is 38.4 Å². The quantitative estimate of drug-likeness (QED) is 0.559. The van der Waals surface area contributed by atoms with Crippen molar-refractivity contribution in [2.24, 2.45) is 0 Å². The molecule has 1 unspecified atom stereocenters. The van der Waals surface area contributed by atoms with Gasteiger partial charge in [0.1, 0.15) is 6.33 Å². The summed E-state index contributed by atoms with van der Waals surface area (Å²) in [6.45, 7) is 6.19. The number of hydrogen-bond acceptors (Lipinski definition) is 4. The van der Waals surface area contributed by atoms with Gasteiger partial charge in [0.15, 0.2) is 5.16 Å². The Morgan fingerprint density at radius 1 is 1.21 bits per heavy atom. The van der Waals surface area contributed by atoms with Gasteiger partial charge in [0, 0.05) is 10.7 Å². The summed E-state index contributed by atoms with van der Waals surface area (Å²) in [5.41, 5.74) is 4.43. The lowest BCUT2D eigenvalue weighted by Gasteiger charge is -2.17. The summed E-state index contributed by atoms with van der Waals surface area (Å²) in [6.07, 6.45) is 2.46. The van der Waals surface area contributed by atoms with Crippen molar-refractivity contribution in [3.05, 3.63) is 70.5 Å². The molecule has 1 amide bonds. The molecule has 0 aliphatic carbocycles. The Labute approximate surface area is 174 Å². The first-order valence-electron chi connectivity index (χ1n) is 9.13. The summed E-state index contributed by atoms with van der Waals surface area (Å²) in [5, 5.41) is 12.6. The third kappa shape index (κ3) is 4.94. The summed E-state index contributed by atoms with van der Waals surface area (Å²) < 4.78 is 1.90. The number of carbonyl (C=O) groups excluding carboxylic acids is 1. The fourth-order valence-electron chi connectivity index (χ4n) is 2.89. The third-order valence-corrected chi connectivity index (χ3v) is 5.79. The number of thioether (sulfide) groups is 1. The summed E-state index contributed by atoms with van der Waals surface area (Å²) in [6, 6.07) is 13.7. The Balaban J connectivity index is 1.65. The Kier molecular flexibility index (Phi) is 6.75. The zero-order valence-corrected chi connectivity index (χ0v) is 17.7. The zero-order chi connectivity index (χ0) is 20.1. The summed E-state index contributed by atoms with van der Waals surface area (Å²) >= 11 is 7.44. The van der Waals surface area contributed by atoms with E-state index >= 15 is 0 Å². The lowest BCUT2D eigenvalue weighted by atomic mass is 10.0. The molecule has 1 atom stereocenters. The predicted octanol–water partition coefficient (Wildman–Crippen LogP) is 4.90. The standard InChI is InChI=1S/C21H23ClN4OS/c1-4-19(16-6-5-7-17(22)11-16)24-20(27)12-28-21-25-23-13-26(21)18-9-8-14(2)15(3)10-18/h5-11,13,19H,4,12H2,1-3H3,(H,24,27). The van der Waals surface area contributed by atoms with E-state index in [9.17, 15) is 4.79 Å². The lowest BCUT2D eigenvalue weighted by molar-refractivity contribution is -0.119. The van der Waals surface area contributed by atoms with Crippen molar-refractivity contribution < 1.29 is 4.79 Å². The second-order valence-corrected chi connectivity index (χ2v) is 8.00. The average Bonchev–Trinajstić information content (AvgIpc) is 3.15. The van der Waals surface area contributed by atoms with Crippen molar-refractivity contribution in [1.29, 1.82) is 0 Å². The minimum Gasteiger partial charge on any atom is -0.349 e. The first kappa shape index (κ1) is 20.4. The molecule has 7 heteroatoms. The largest absolute Gasteiger partial charge is 0.349 e. The van der Waals surface area contributed by atoms with E-state index in [4.69, 9.17) is 11.6 Å². The maximum absolute atomic E-state index is 12.5. The van der Waals surface area contributed by atoms with E-state index in [1.807, 2.05) is 41.8 Å². The molecule has 3 aromatic rings. The van der Waals surface area contributed by atoms with Crippen molar-refractivity contribution >= 4 is 29.3 Å². The lowest BCUT2D eigenvalue weighted by Crippen LogP contribution is -2.29. The topological polar surface area (TPSA) is 59.8 Å². The van der Waals surface area contributed by atoms with Crippen LogP contribution in [0, 0.1) is 13.8 Å². The van der Waals surface area contributed by atoms with E-state index in [2.05, 4.69) is 41.5 Å². The minimum atomic E-state index is -0.0654. The predicted molar refractivity (Wildman–Crippen MR) is 114 cm³/mol. The molecule has 0 aliphatic heterocycles. The molecule has 0 saturated carbocycles. The molecule has 2 aromatic carbocycles. The van der Waals surface area contributed by atoms with Crippen LogP contribution in [0.5, 0.6) is 0 Å². The first-order chi connectivity index (χ1) is 13.5. The first-order valence-corrected chi connectivity index (χ1v) is 10.5. The van der Waals surface area contributed by atoms with Crippen LogP contribution in [0.3, 0.4) is 0 Å². The van der Waals surface area contributed by atoms with Crippen LogP contribution < -0.4 is 5.32 Å². The van der Waals surface area contributed by atoms with E-state index in [1.165, 1.54) is 22.9 Å². The molecule has 0 radical (unpaired) electrons. The molecule has 0 saturated heterocycles. The van der Waals surface area contributed by atoms with Crippen molar-refractivity contribution in [2.75, 3.05) is 5.75 Å². The van der Waals surface area contributed by atoms with Gasteiger partial charge in [-0.1, -0.05) is 48.5 Å². The van der Waals surface area contributed by atoms with Crippen molar-refractivity contribution in [3.8, 4) is 5.69 Å². The Hall–Kier alpha value is -2.31. The molecule has 0 spiro atoms. The smallest absolute Gasteiger partial charge is 0.230 e. The molecule has 5 nitrogen and oxygen atoms in total. The van der Waals surface area contributed by atoms with Gasteiger partial charge in [-0.25, -0.2) is 0 Å². The van der Waals surface area contributed by atoms with Crippen molar-refractivity contribution in [1.82, 2.24) is 20.1 Å². The molecular weight excluding hydrogens is 392 g/mol. The van der Waals surface area contributed by atoms with Gasteiger partial charge in [-0.05, 0) is 61.2 Å². The number of nitrogens with one attached hydrogen (secondary N) is 1. The molecule has 1 aromatic heterocycles. The van der Waals surface area contributed by atoms with Crippen LogP contribution in [0.15, 0.2) is 53.9 Å². The van der Waals surface area contributed by atoms with Gasteiger partial charge in [0.25, 0.3) is 0 Å². The molecule has 3 rings (SSSR count). The van der Waals surface area contributed by atoms with Crippen molar-refractivity contribution in [3.63, 3.8) is 0 Å². The van der Waals surface area contributed by atoms with Gasteiger partial charge in [0.2, 0.25) is 5.91 Å². The maximum Gasteiger partial charge on any atom is 0.230 e. The van der Waals surface area contributed by atoms with Crippen LogP contribution in [0.4, 0.5) is 0 Å². The number of nitrogens with zero attached hydrogens (tertiary/aromatic N) is 3. The summed E-state index contributed by atoms with van der Waals surface area (Å²) in [4.78, 5) is 12.5. The molecule has 0 aliphatic rings. The molecular formula is C21H23ClN4OS. The van der Waals surface area contributed by atoms with Crippen LogP contribution in [0.1, 0.15) is 36.1 Å². The van der Waals surface area contributed by atoms with Gasteiger partial charge < -0.3 is 5.32 Å². The summed E-state index contributed by atoms with van der Waals surface area (Å²) in [5.74, 6) is 0.215. The molecule has 0 bridgehead atoms. The van der Waals surface area contributed by atoms with E-state index < -0.39 is 0 Å². The van der Waals surface area contributed by atoms with Crippen LogP contribution in [-0.4, -0.2) is 26.4 Å². The highest BCUT2D eigenvalue weighted by molar-refractivity contribution is 7.99. The van der Waals surface area contributed by atoms with Crippen LogP contribution in [0.25, 0.3) is 5.69 Å². The van der Waals surface area contributed by atoms with Gasteiger partial charge in [-0.15, -0.1) is 10.2 Å². The normalized spacial score (nSPS) is 12.0. The number of benzene rings is 2. The highest BCUT2D eigenvalue weighted by Crippen LogP contribution is 2.23. The van der Waals surface area contributed by atoms with E-state index in [1.54, 1.807) is 6.33 Å². The number of rotatable bonds is 7. The second-order valence-electron chi connectivity index (χ2n) is 6.62. The Morgan fingerprint density at radius 2 is 2.04 bits per heavy atom. The van der Waals surface area contributed by atoms with Crippen LogP contribution in [-0.2, 0) is 4.79 Å². The minimum absolute atomic E-state index is 0.0496. The number of halogens is 1. The molecule has 146 valence electrons. The second kappa shape index (κ2) is 9.26.